The van der Waals surface area contributed by atoms with Gasteiger partial charge in [-0.05, 0) is 45.4 Å². The molecule has 106 valence electrons. The van der Waals surface area contributed by atoms with Crippen LogP contribution in [0.5, 0.6) is 0 Å². The molecule has 0 heterocycles. The molecule has 0 unspecified atom stereocenters. The number of carbonyl (C=O) groups excluding carboxylic acids is 1. The van der Waals surface area contributed by atoms with Gasteiger partial charge in [-0.2, -0.15) is 0 Å². The predicted molar refractivity (Wildman–Crippen MR) is 70.7 cm³/mol. The molecular weight excluding hydrogens is 252 g/mol. The van der Waals surface area contributed by atoms with Crippen molar-refractivity contribution >= 4 is 11.7 Å². The third kappa shape index (κ3) is 5.24. The van der Waals surface area contributed by atoms with Gasteiger partial charge in [0.2, 0.25) is 0 Å². The summed E-state index contributed by atoms with van der Waals surface area (Å²) < 4.78 is 30.5. The van der Waals surface area contributed by atoms with Crippen LogP contribution < -0.4 is 5.32 Å². The number of carbonyl (C=O) groups is 1. The smallest absolute Gasteiger partial charge is 0.340 e. The Morgan fingerprint density at radius 3 is 2.63 bits per heavy atom. The lowest BCUT2D eigenvalue weighted by molar-refractivity contribution is 0.00706. The first-order chi connectivity index (χ1) is 8.83. The van der Waals surface area contributed by atoms with Crippen molar-refractivity contribution < 1.29 is 18.3 Å². The van der Waals surface area contributed by atoms with Gasteiger partial charge in [-0.3, -0.25) is 4.39 Å². The molecule has 0 spiro atoms. The lowest BCUT2D eigenvalue weighted by Gasteiger charge is -2.20. The highest BCUT2D eigenvalue weighted by Crippen LogP contribution is 2.21. The highest BCUT2D eigenvalue weighted by molar-refractivity contribution is 5.95. The molecular formula is C14H19F2NO2. The van der Waals surface area contributed by atoms with E-state index in [4.69, 9.17) is 4.74 Å². The van der Waals surface area contributed by atoms with Crippen molar-refractivity contribution in [3.05, 3.63) is 29.6 Å². The number of halogens is 2. The number of benzene rings is 1. The molecule has 0 fully saturated rings. The van der Waals surface area contributed by atoms with Crippen LogP contribution in [-0.4, -0.2) is 24.8 Å². The molecule has 0 saturated carbocycles. The maximum atomic E-state index is 13.2. The first-order valence-corrected chi connectivity index (χ1v) is 6.16. The average Bonchev–Trinajstić information content (AvgIpc) is 2.27. The van der Waals surface area contributed by atoms with E-state index in [0.29, 0.717) is 18.7 Å². The van der Waals surface area contributed by atoms with E-state index in [1.165, 1.54) is 18.2 Å². The quantitative estimate of drug-likeness (QED) is 0.657. The van der Waals surface area contributed by atoms with Gasteiger partial charge in [-0.25, -0.2) is 9.18 Å². The fourth-order valence-corrected chi connectivity index (χ4v) is 1.46. The molecule has 0 saturated heterocycles. The Kier molecular flexibility index (Phi) is 5.27. The van der Waals surface area contributed by atoms with Crippen LogP contribution in [0.15, 0.2) is 18.2 Å². The van der Waals surface area contributed by atoms with E-state index >= 15 is 0 Å². The average molecular weight is 271 g/mol. The number of nitrogens with one attached hydrogen (secondary N) is 1. The number of hydrogen-bond acceptors (Lipinski definition) is 3. The normalized spacial score (nSPS) is 11.2. The fourth-order valence-electron chi connectivity index (χ4n) is 1.46. The lowest BCUT2D eigenvalue weighted by Crippen LogP contribution is -2.24. The molecule has 0 atom stereocenters. The summed E-state index contributed by atoms with van der Waals surface area (Å²) in [4.78, 5) is 12.0. The van der Waals surface area contributed by atoms with Crippen molar-refractivity contribution in [2.75, 3.05) is 18.5 Å². The summed E-state index contributed by atoms with van der Waals surface area (Å²) in [6.45, 7) is 5.12. The number of esters is 1. The van der Waals surface area contributed by atoms with Crippen molar-refractivity contribution in [2.45, 2.75) is 32.8 Å². The minimum absolute atomic E-state index is 0.246. The molecule has 1 aromatic rings. The minimum Gasteiger partial charge on any atom is -0.456 e. The third-order valence-electron chi connectivity index (χ3n) is 2.23. The van der Waals surface area contributed by atoms with E-state index in [0.717, 1.165) is 0 Å². The van der Waals surface area contributed by atoms with Crippen LogP contribution in [0.2, 0.25) is 0 Å². The topological polar surface area (TPSA) is 38.3 Å². The summed E-state index contributed by atoms with van der Waals surface area (Å²) >= 11 is 0. The van der Waals surface area contributed by atoms with E-state index in [-0.39, 0.29) is 5.56 Å². The van der Waals surface area contributed by atoms with E-state index in [2.05, 4.69) is 5.32 Å². The van der Waals surface area contributed by atoms with E-state index in [1.54, 1.807) is 20.8 Å². The van der Waals surface area contributed by atoms with Crippen LogP contribution in [0, 0.1) is 5.82 Å². The summed E-state index contributed by atoms with van der Waals surface area (Å²) in [6.07, 6.45) is 0.296. The van der Waals surface area contributed by atoms with Crippen molar-refractivity contribution in [3.8, 4) is 0 Å². The van der Waals surface area contributed by atoms with E-state index in [9.17, 15) is 13.6 Å². The maximum Gasteiger partial charge on any atom is 0.340 e. The van der Waals surface area contributed by atoms with Crippen LogP contribution in [0.4, 0.5) is 14.5 Å². The van der Waals surface area contributed by atoms with Gasteiger partial charge in [0.05, 0.1) is 17.9 Å². The summed E-state index contributed by atoms with van der Waals surface area (Å²) in [7, 11) is 0. The van der Waals surface area contributed by atoms with Gasteiger partial charge in [0.15, 0.2) is 0 Å². The van der Waals surface area contributed by atoms with Gasteiger partial charge in [-0.1, -0.05) is 0 Å². The number of anilines is 1. The summed E-state index contributed by atoms with van der Waals surface area (Å²) in [5.41, 5.74) is -0.0559. The monoisotopic (exact) mass is 271 g/mol. The van der Waals surface area contributed by atoms with Gasteiger partial charge >= 0.3 is 5.97 Å². The summed E-state index contributed by atoms with van der Waals surface area (Å²) in [6, 6.07) is 3.76. The third-order valence-corrected chi connectivity index (χ3v) is 2.23. The van der Waals surface area contributed by atoms with Gasteiger partial charge < -0.3 is 10.1 Å². The van der Waals surface area contributed by atoms with Crippen molar-refractivity contribution in [1.29, 1.82) is 0 Å². The van der Waals surface area contributed by atoms with Crippen LogP contribution in [0.3, 0.4) is 0 Å². The Balaban J connectivity index is 2.89. The van der Waals surface area contributed by atoms with Crippen LogP contribution in [0.25, 0.3) is 0 Å². The maximum absolute atomic E-state index is 13.2. The van der Waals surface area contributed by atoms with Gasteiger partial charge in [0, 0.05) is 6.54 Å². The van der Waals surface area contributed by atoms with Crippen LogP contribution >= 0.6 is 0 Å². The zero-order chi connectivity index (χ0) is 14.5. The molecule has 1 rings (SSSR count). The first kappa shape index (κ1) is 15.4. The lowest BCUT2D eigenvalue weighted by atomic mass is 10.1. The molecule has 0 amide bonds. The molecule has 3 nitrogen and oxygen atoms in total. The Bertz CT molecular complexity index is 442. The Hall–Kier alpha value is -1.65. The number of ether oxygens (including phenoxy) is 1. The van der Waals surface area contributed by atoms with Gasteiger partial charge in [0.25, 0.3) is 0 Å². The van der Waals surface area contributed by atoms with Crippen molar-refractivity contribution in [1.82, 2.24) is 0 Å². The summed E-state index contributed by atoms with van der Waals surface area (Å²) in [5, 5.41) is 2.84. The van der Waals surface area contributed by atoms with Gasteiger partial charge in [-0.15, -0.1) is 0 Å². The Morgan fingerprint density at radius 2 is 2.05 bits per heavy atom. The van der Waals surface area contributed by atoms with E-state index < -0.39 is 24.1 Å². The zero-order valence-corrected chi connectivity index (χ0v) is 11.4. The largest absolute Gasteiger partial charge is 0.456 e. The Labute approximate surface area is 112 Å². The molecule has 1 aromatic carbocycles. The molecule has 0 radical (unpaired) electrons. The van der Waals surface area contributed by atoms with Crippen LogP contribution in [0.1, 0.15) is 37.6 Å². The van der Waals surface area contributed by atoms with Crippen molar-refractivity contribution in [2.24, 2.45) is 0 Å². The molecule has 5 heteroatoms. The number of hydrogen-bond donors (Lipinski definition) is 1. The van der Waals surface area contributed by atoms with E-state index in [1.807, 2.05) is 0 Å². The SMILES string of the molecule is CC(C)(C)OC(=O)c1ccc(F)cc1NCCCF. The second-order valence-corrected chi connectivity index (χ2v) is 5.16. The van der Waals surface area contributed by atoms with Crippen LogP contribution in [-0.2, 0) is 4.74 Å². The second-order valence-electron chi connectivity index (χ2n) is 5.16. The zero-order valence-electron chi connectivity index (χ0n) is 11.4. The molecule has 0 aliphatic rings. The standard InChI is InChI=1S/C14H19F2NO2/c1-14(2,3)19-13(18)11-6-5-10(16)9-12(11)17-8-4-7-15/h5-6,9,17H,4,7-8H2,1-3H3. The first-order valence-electron chi connectivity index (χ1n) is 6.16. The molecule has 0 aliphatic heterocycles. The Morgan fingerprint density at radius 1 is 1.37 bits per heavy atom. The summed E-state index contributed by atoms with van der Waals surface area (Å²) in [5.74, 6) is -0.995. The molecule has 0 aromatic heterocycles. The second kappa shape index (κ2) is 6.50. The fraction of sp³-hybridized carbons (Fsp3) is 0.500. The number of alkyl halides is 1. The molecule has 0 bridgehead atoms. The highest BCUT2D eigenvalue weighted by Gasteiger charge is 2.20. The predicted octanol–water partition coefficient (Wildman–Crippen LogP) is 3.55. The molecule has 19 heavy (non-hydrogen) atoms. The van der Waals surface area contributed by atoms with Gasteiger partial charge in [0.1, 0.15) is 11.4 Å². The van der Waals surface area contributed by atoms with Crippen molar-refractivity contribution in [3.63, 3.8) is 0 Å². The number of rotatable bonds is 5. The molecule has 0 aliphatic carbocycles. The minimum atomic E-state index is -0.623. The highest BCUT2D eigenvalue weighted by atomic mass is 19.1. The molecule has 1 N–H and O–H groups in total.